The van der Waals surface area contributed by atoms with Crippen LogP contribution < -0.4 is 4.57 Å². The van der Waals surface area contributed by atoms with Gasteiger partial charge in [-0.25, -0.2) is 4.57 Å². The van der Waals surface area contributed by atoms with E-state index in [1.165, 1.54) is 0 Å². The predicted octanol–water partition coefficient (Wildman–Crippen LogP) is 1.47. The smallest absolute Gasteiger partial charge is 0.322 e. The molecule has 0 N–H and O–H groups in total. The lowest BCUT2D eigenvalue weighted by molar-refractivity contribution is -0.693. The quantitative estimate of drug-likeness (QED) is 0.599. The third-order valence-corrected chi connectivity index (χ3v) is 4.38. The summed E-state index contributed by atoms with van der Waals surface area (Å²) in [5.74, 6) is 0.192. The third kappa shape index (κ3) is 1.80. The Bertz CT molecular complexity index is 535. The maximum Gasteiger partial charge on any atom is 0.322 e. The highest BCUT2D eigenvalue weighted by molar-refractivity contribution is 5.95. The van der Waals surface area contributed by atoms with Crippen LogP contribution in [0, 0.1) is 5.21 Å². The van der Waals surface area contributed by atoms with Gasteiger partial charge in [0.15, 0.2) is 17.9 Å². The van der Waals surface area contributed by atoms with E-state index in [1.54, 1.807) is 33.8 Å². The largest absolute Gasteiger partial charge is 0.714 e. The van der Waals surface area contributed by atoms with Crippen molar-refractivity contribution in [1.29, 1.82) is 0 Å². The Labute approximate surface area is 114 Å². The van der Waals surface area contributed by atoms with E-state index in [2.05, 4.69) is 0 Å². The number of hydrogen-bond donors (Lipinski definition) is 0. The molecule has 0 unspecified atom stereocenters. The Balaban J connectivity index is 2.58. The predicted molar refractivity (Wildman–Crippen MR) is 70.7 cm³/mol. The molecule has 5 heteroatoms. The van der Waals surface area contributed by atoms with Crippen LogP contribution in [0.1, 0.15) is 40.2 Å². The molecule has 0 aromatic carbocycles. The van der Waals surface area contributed by atoms with Gasteiger partial charge in [0.05, 0.1) is 0 Å². The van der Waals surface area contributed by atoms with Gasteiger partial charge < -0.3 is 5.21 Å². The first kappa shape index (κ1) is 13.8. The number of amidine groups is 1. The molecule has 0 fully saturated rings. The van der Waals surface area contributed by atoms with E-state index in [-0.39, 0.29) is 5.84 Å². The summed E-state index contributed by atoms with van der Waals surface area (Å²) in [4.78, 5) is 0. The fraction of sp³-hybridized carbons (Fsp3) is 0.571. The summed E-state index contributed by atoms with van der Waals surface area (Å²) in [6, 6.07) is 3.65. The molecule has 1 aromatic heterocycles. The summed E-state index contributed by atoms with van der Waals surface area (Å²) in [5.41, 5.74) is -0.874. The van der Waals surface area contributed by atoms with Gasteiger partial charge in [-0.15, -0.1) is 0 Å². The first-order valence-electron chi connectivity index (χ1n) is 6.54. The van der Waals surface area contributed by atoms with Gasteiger partial charge >= 0.3 is 5.84 Å². The Hall–Kier alpha value is -1.62. The van der Waals surface area contributed by atoms with Crippen LogP contribution in [0.25, 0.3) is 0 Å². The molecule has 0 aliphatic carbocycles. The van der Waals surface area contributed by atoms with Crippen LogP contribution in [0.4, 0.5) is 0 Å². The van der Waals surface area contributed by atoms with Gasteiger partial charge in [0.2, 0.25) is 0 Å². The van der Waals surface area contributed by atoms with E-state index in [9.17, 15) is 10.4 Å². The highest BCUT2D eigenvalue weighted by Gasteiger charge is 2.60. The van der Waals surface area contributed by atoms with Crippen LogP contribution in [-0.2, 0) is 11.8 Å². The van der Waals surface area contributed by atoms with Gasteiger partial charge in [-0.2, -0.15) is 0 Å². The normalized spacial score (nSPS) is 21.1. The molecule has 1 aliphatic rings. The van der Waals surface area contributed by atoms with Crippen molar-refractivity contribution < 1.29 is 14.5 Å². The summed E-state index contributed by atoms with van der Waals surface area (Å²) in [5, 5.41) is 25.8. The number of nitrogens with zero attached hydrogens (tertiary/aromatic N) is 3. The van der Waals surface area contributed by atoms with Crippen molar-refractivity contribution in [1.82, 2.24) is 5.06 Å². The van der Waals surface area contributed by atoms with Crippen molar-refractivity contribution in [3.05, 3.63) is 35.3 Å². The monoisotopic (exact) mass is 263 g/mol. The molecule has 0 bridgehead atoms. The maximum atomic E-state index is 12.5. The molecule has 0 saturated carbocycles. The van der Waals surface area contributed by atoms with Crippen molar-refractivity contribution in [3.63, 3.8) is 0 Å². The van der Waals surface area contributed by atoms with E-state index < -0.39 is 11.1 Å². The number of rotatable bonds is 2. The Morgan fingerprint density at radius 3 is 2.42 bits per heavy atom. The van der Waals surface area contributed by atoms with Crippen LogP contribution in [0.15, 0.2) is 24.5 Å². The standard InChI is InChI=1S/C14H21N3O2/c1-6-15-9-7-8-11(10-15)12-16(18)13(2,3)14(4,5)17(12)19/h7-10H,6H2,1-5H3/q+1. The molecular formula is C14H21N3O2+. The number of aromatic nitrogens is 1. The first-order valence-corrected chi connectivity index (χ1v) is 6.54. The van der Waals surface area contributed by atoms with E-state index in [4.69, 9.17) is 0 Å². The minimum atomic E-state index is -0.767. The Morgan fingerprint density at radius 1 is 1.32 bits per heavy atom. The minimum Gasteiger partial charge on any atom is -0.714 e. The van der Waals surface area contributed by atoms with Gasteiger partial charge in [0.25, 0.3) is 0 Å². The van der Waals surface area contributed by atoms with Crippen molar-refractivity contribution in [2.24, 2.45) is 0 Å². The van der Waals surface area contributed by atoms with Gasteiger partial charge in [0.1, 0.15) is 17.6 Å². The van der Waals surface area contributed by atoms with Crippen LogP contribution in [0.5, 0.6) is 0 Å². The highest BCUT2D eigenvalue weighted by Crippen LogP contribution is 2.37. The summed E-state index contributed by atoms with van der Waals surface area (Å²) in [6.45, 7) is 10.0. The Morgan fingerprint density at radius 2 is 1.95 bits per heavy atom. The summed E-state index contributed by atoms with van der Waals surface area (Å²) in [6.07, 6.45) is 3.75. The lowest BCUT2D eigenvalue weighted by Crippen LogP contribution is -2.53. The van der Waals surface area contributed by atoms with Gasteiger partial charge in [-0.05, 0) is 40.7 Å². The van der Waals surface area contributed by atoms with E-state index in [0.29, 0.717) is 5.56 Å². The third-order valence-electron chi connectivity index (χ3n) is 4.38. The molecule has 0 amide bonds. The van der Waals surface area contributed by atoms with Gasteiger partial charge in [-0.1, -0.05) is 5.06 Å². The number of pyridine rings is 1. The van der Waals surface area contributed by atoms with Crippen LogP contribution in [0.3, 0.4) is 0 Å². The molecule has 5 nitrogen and oxygen atoms in total. The van der Waals surface area contributed by atoms with Gasteiger partial charge in [0, 0.05) is 11.3 Å². The molecule has 1 aliphatic heterocycles. The van der Waals surface area contributed by atoms with E-state index in [0.717, 1.165) is 16.3 Å². The zero-order valence-corrected chi connectivity index (χ0v) is 12.2. The fourth-order valence-electron chi connectivity index (χ4n) is 2.19. The van der Waals surface area contributed by atoms with E-state index in [1.807, 2.05) is 30.0 Å². The zero-order valence-electron chi connectivity index (χ0n) is 12.2. The van der Waals surface area contributed by atoms with E-state index >= 15 is 0 Å². The fourth-order valence-corrected chi connectivity index (χ4v) is 2.19. The van der Waals surface area contributed by atoms with Crippen molar-refractivity contribution in [3.8, 4) is 0 Å². The van der Waals surface area contributed by atoms with Crippen LogP contribution in [-0.4, -0.2) is 26.7 Å². The van der Waals surface area contributed by atoms with Crippen LogP contribution >= 0.6 is 0 Å². The summed E-state index contributed by atoms with van der Waals surface area (Å²) in [7, 11) is 0. The molecule has 19 heavy (non-hydrogen) atoms. The Kier molecular flexibility index (Phi) is 3.05. The topological polar surface area (TPSA) is 53.1 Å². The van der Waals surface area contributed by atoms with Crippen molar-refractivity contribution in [2.75, 3.05) is 0 Å². The van der Waals surface area contributed by atoms with Crippen molar-refractivity contribution >= 4 is 5.84 Å². The number of aryl methyl sites for hydroxylation is 1. The lowest BCUT2D eigenvalue weighted by Gasteiger charge is -2.32. The average molecular weight is 263 g/mol. The molecule has 2 heterocycles. The van der Waals surface area contributed by atoms with Crippen LogP contribution in [0.2, 0.25) is 0 Å². The molecular weight excluding hydrogens is 242 g/mol. The minimum absolute atomic E-state index is 0.192. The molecule has 0 atom stereocenters. The number of hydroxylamine groups is 3. The summed E-state index contributed by atoms with van der Waals surface area (Å²) < 4.78 is 2.79. The molecule has 0 saturated heterocycles. The maximum absolute atomic E-state index is 12.5. The second-order valence-corrected chi connectivity index (χ2v) is 5.95. The second kappa shape index (κ2) is 4.20. The molecule has 103 valence electrons. The SMILES string of the molecule is CC[n+]1cccc(C2=[N+]([O-])C(C)(C)C(C)(C)N2[O])c1. The highest BCUT2D eigenvalue weighted by atomic mass is 16.5. The molecule has 1 radical (unpaired) electrons. The second-order valence-electron chi connectivity index (χ2n) is 5.95. The lowest BCUT2D eigenvalue weighted by atomic mass is 9.84. The average Bonchev–Trinajstić information content (AvgIpc) is 2.49. The van der Waals surface area contributed by atoms with Gasteiger partial charge in [-0.3, -0.25) is 4.74 Å². The first-order chi connectivity index (χ1) is 8.73. The summed E-state index contributed by atoms with van der Waals surface area (Å²) >= 11 is 0. The molecule has 2 rings (SSSR count). The zero-order chi connectivity index (χ0) is 14.4. The number of hydrogen-bond acceptors (Lipinski definition) is 2. The molecule has 1 aromatic rings. The molecule has 0 spiro atoms. The van der Waals surface area contributed by atoms with Crippen molar-refractivity contribution in [2.45, 2.75) is 52.2 Å².